The Morgan fingerprint density at radius 1 is 0.725 bits per heavy atom. The highest BCUT2D eigenvalue weighted by molar-refractivity contribution is 7.14. The number of carboxylic acids is 1. The Bertz CT molecular complexity index is 1550. The molecule has 5 rings (SSSR count). The molecule has 0 spiro atoms. The Morgan fingerprint density at radius 3 is 1.95 bits per heavy atom. The molecule has 200 valence electrons. The van der Waals surface area contributed by atoms with Gasteiger partial charge in [-0.05, 0) is 34.4 Å². The molecule has 0 aliphatic carbocycles. The van der Waals surface area contributed by atoms with E-state index in [4.69, 9.17) is 10.1 Å². The van der Waals surface area contributed by atoms with Crippen molar-refractivity contribution < 1.29 is 14.7 Å². The second-order valence-electron chi connectivity index (χ2n) is 9.40. The summed E-state index contributed by atoms with van der Waals surface area (Å²) in [5, 5.41) is 14.4. The molecular weight excluding hydrogens is 518 g/mol. The van der Waals surface area contributed by atoms with Crippen molar-refractivity contribution >= 4 is 28.3 Å². The molecule has 2 N–H and O–H groups in total. The molecule has 1 aromatic heterocycles. The first-order valence-corrected chi connectivity index (χ1v) is 13.9. The molecule has 0 fully saturated rings. The highest BCUT2D eigenvalue weighted by atomic mass is 32.1. The zero-order chi connectivity index (χ0) is 27.7. The number of anilines is 1. The number of rotatable bonds is 11. The van der Waals surface area contributed by atoms with Crippen LogP contribution in [0.2, 0.25) is 0 Å². The van der Waals surface area contributed by atoms with Crippen molar-refractivity contribution in [3.63, 3.8) is 0 Å². The minimum absolute atomic E-state index is 0.0993. The van der Waals surface area contributed by atoms with Crippen LogP contribution in [0.25, 0.3) is 22.4 Å². The van der Waals surface area contributed by atoms with Crippen molar-refractivity contribution in [3.8, 4) is 22.4 Å². The lowest BCUT2D eigenvalue weighted by Gasteiger charge is -2.22. The molecule has 7 heteroatoms. The second-order valence-corrected chi connectivity index (χ2v) is 10.2. The Balaban J connectivity index is 1.33. The summed E-state index contributed by atoms with van der Waals surface area (Å²) in [6, 6.07) is 36.5. The van der Waals surface area contributed by atoms with Gasteiger partial charge in [-0.1, -0.05) is 97.1 Å². The SMILES string of the molecule is O=C(O)CCNC(=O)c1ccc(CN(Cc2ccccc2)c2nc(-c3ccc(-c4ccccc4)cc3)cs2)cc1. The third-order valence-corrected chi connectivity index (χ3v) is 7.38. The van der Waals surface area contributed by atoms with Crippen molar-refractivity contribution in [2.24, 2.45) is 0 Å². The van der Waals surface area contributed by atoms with Gasteiger partial charge in [0, 0.05) is 36.1 Å². The molecule has 6 nitrogen and oxygen atoms in total. The van der Waals surface area contributed by atoms with Gasteiger partial charge in [0.2, 0.25) is 0 Å². The number of amides is 1. The second kappa shape index (κ2) is 12.9. The van der Waals surface area contributed by atoms with E-state index in [1.807, 2.05) is 48.5 Å². The van der Waals surface area contributed by atoms with Gasteiger partial charge < -0.3 is 15.3 Å². The lowest BCUT2D eigenvalue weighted by Crippen LogP contribution is -2.26. The van der Waals surface area contributed by atoms with E-state index < -0.39 is 5.97 Å². The number of nitrogens with zero attached hydrogens (tertiary/aromatic N) is 2. The highest BCUT2D eigenvalue weighted by Gasteiger charge is 2.15. The number of aliphatic carboxylic acids is 1. The van der Waals surface area contributed by atoms with E-state index in [1.54, 1.807) is 23.5 Å². The van der Waals surface area contributed by atoms with Gasteiger partial charge in [-0.2, -0.15) is 0 Å². The molecule has 40 heavy (non-hydrogen) atoms. The van der Waals surface area contributed by atoms with E-state index >= 15 is 0 Å². The molecule has 0 atom stereocenters. The number of benzene rings is 4. The van der Waals surface area contributed by atoms with Crippen LogP contribution in [0.4, 0.5) is 5.13 Å². The van der Waals surface area contributed by atoms with Gasteiger partial charge in [0.05, 0.1) is 12.1 Å². The molecule has 0 radical (unpaired) electrons. The topological polar surface area (TPSA) is 82.5 Å². The summed E-state index contributed by atoms with van der Waals surface area (Å²) in [6.45, 7) is 1.41. The molecule has 1 heterocycles. The first-order valence-electron chi connectivity index (χ1n) is 13.0. The predicted octanol–water partition coefficient (Wildman–Crippen LogP) is 6.89. The number of aromatic nitrogens is 1. The van der Waals surface area contributed by atoms with Crippen LogP contribution >= 0.6 is 11.3 Å². The lowest BCUT2D eigenvalue weighted by molar-refractivity contribution is -0.136. The third-order valence-electron chi connectivity index (χ3n) is 6.48. The average molecular weight is 548 g/mol. The molecular formula is C33H29N3O3S. The molecule has 0 saturated heterocycles. The first-order chi connectivity index (χ1) is 19.5. The maximum atomic E-state index is 12.3. The maximum absolute atomic E-state index is 12.3. The summed E-state index contributed by atoms with van der Waals surface area (Å²) in [5.74, 6) is -1.22. The molecule has 0 bridgehead atoms. The smallest absolute Gasteiger partial charge is 0.305 e. The van der Waals surface area contributed by atoms with Gasteiger partial charge in [-0.25, -0.2) is 4.98 Å². The van der Waals surface area contributed by atoms with Crippen molar-refractivity contribution in [2.75, 3.05) is 11.4 Å². The zero-order valence-electron chi connectivity index (χ0n) is 21.9. The largest absolute Gasteiger partial charge is 0.481 e. The molecule has 0 aliphatic heterocycles. The molecule has 1 amide bonds. The summed E-state index contributed by atoms with van der Waals surface area (Å²) in [6.07, 6.45) is -0.106. The summed E-state index contributed by atoms with van der Waals surface area (Å²) in [7, 11) is 0. The van der Waals surface area contributed by atoms with Crippen LogP contribution in [0, 0.1) is 0 Å². The van der Waals surface area contributed by atoms with Crippen LogP contribution in [0.5, 0.6) is 0 Å². The van der Waals surface area contributed by atoms with E-state index in [9.17, 15) is 9.59 Å². The predicted molar refractivity (Wildman–Crippen MR) is 160 cm³/mol. The quantitative estimate of drug-likeness (QED) is 0.188. The first kappa shape index (κ1) is 26.8. The summed E-state index contributed by atoms with van der Waals surface area (Å²) in [5.41, 5.74) is 7.09. The van der Waals surface area contributed by atoms with Crippen LogP contribution < -0.4 is 10.2 Å². The van der Waals surface area contributed by atoms with Gasteiger partial charge in [0.25, 0.3) is 5.91 Å². The van der Waals surface area contributed by atoms with Crippen LogP contribution in [0.15, 0.2) is 115 Å². The van der Waals surface area contributed by atoms with Gasteiger partial charge in [-0.3, -0.25) is 9.59 Å². The number of hydrogen-bond donors (Lipinski definition) is 2. The van der Waals surface area contributed by atoms with Crippen LogP contribution in [0.3, 0.4) is 0 Å². The fourth-order valence-electron chi connectivity index (χ4n) is 4.37. The number of carbonyl (C=O) groups is 2. The van der Waals surface area contributed by atoms with E-state index in [1.165, 1.54) is 16.7 Å². The zero-order valence-corrected chi connectivity index (χ0v) is 22.7. The highest BCUT2D eigenvalue weighted by Crippen LogP contribution is 2.31. The Labute approximate surface area is 237 Å². The minimum atomic E-state index is -0.941. The van der Waals surface area contributed by atoms with Crippen molar-refractivity contribution in [1.29, 1.82) is 0 Å². The van der Waals surface area contributed by atoms with E-state index in [0.29, 0.717) is 18.7 Å². The molecule has 0 aliphatic rings. The molecule has 5 aromatic rings. The number of carboxylic acid groups (broad SMARTS) is 1. The van der Waals surface area contributed by atoms with Gasteiger partial charge in [0.15, 0.2) is 5.13 Å². The van der Waals surface area contributed by atoms with Crippen LogP contribution in [-0.4, -0.2) is 28.5 Å². The van der Waals surface area contributed by atoms with Gasteiger partial charge in [0.1, 0.15) is 0 Å². The molecule has 0 unspecified atom stereocenters. The lowest BCUT2D eigenvalue weighted by atomic mass is 10.0. The number of nitrogens with one attached hydrogen (secondary N) is 1. The number of hydrogen-bond acceptors (Lipinski definition) is 5. The van der Waals surface area contributed by atoms with Crippen molar-refractivity contribution in [1.82, 2.24) is 10.3 Å². The monoisotopic (exact) mass is 547 g/mol. The number of carbonyl (C=O) groups excluding carboxylic acids is 1. The molecule has 0 saturated carbocycles. The normalized spacial score (nSPS) is 10.7. The fourth-order valence-corrected chi connectivity index (χ4v) is 5.20. The van der Waals surface area contributed by atoms with E-state index in [0.717, 1.165) is 22.0 Å². The standard InChI is InChI=1S/C33H29N3O3S/c37-31(38)19-20-34-32(39)29-13-11-25(12-14-29)22-36(21-24-7-3-1-4-8-24)33-35-30(23-40-33)28-17-15-27(16-18-28)26-9-5-2-6-10-26/h1-18,23H,19-22H2,(H,34,39)(H,37,38). The minimum Gasteiger partial charge on any atom is -0.481 e. The van der Waals surface area contributed by atoms with E-state index in [2.05, 4.69) is 64.1 Å². The summed E-state index contributed by atoms with van der Waals surface area (Å²) >= 11 is 1.61. The third kappa shape index (κ3) is 7.01. The summed E-state index contributed by atoms with van der Waals surface area (Å²) in [4.78, 5) is 30.3. The summed E-state index contributed by atoms with van der Waals surface area (Å²) < 4.78 is 0. The molecule has 4 aromatic carbocycles. The Hall–Kier alpha value is -4.75. The Kier molecular flexibility index (Phi) is 8.63. The fraction of sp³-hybridized carbons (Fsp3) is 0.121. The van der Waals surface area contributed by atoms with Gasteiger partial charge >= 0.3 is 5.97 Å². The van der Waals surface area contributed by atoms with Crippen molar-refractivity contribution in [3.05, 3.63) is 131 Å². The van der Waals surface area contributed by atoms with Crippen LogP contribution in [0.1, 0.15) is 27.9 Å². The van der Waals surface area contributed by atoms with E-state index in [-0.39, 0.29) is 18.9 Å². The average Bonchev–Trinajstić information content (AvgIpc) is 3.49. The Morgan fingerprint density at radius 2 is 1.30 bits per heavy atom. The van der Waals surface area contributed by atoms with Crippen molar-refractivity contribution in [2.45, 2.75) is 19.5 Å². The van der Waals surface area contributed by atoms with Crippen LogP contribution in [-0.2, 0) is 17.9 Å². The van der Waals surface area contributed by atoms with Gasteiger partial charge in [-0.15, -0.1) is 11.3 Å². The maximum Gasteiger partial charge on any atom is 0.305 e. The number of thiazole rings is 1.